The van der Waals surface area contributed by atoms with E-state index in [9.17, 15) is 4.79 Å². The van der Waals surface area contributed by atoms with Crippen LogP contribution in [0.2, 0.25) is 0 Å². The number of terminal acetylenes is 1. The van der Waals surface area contributed by atoms with Crippen LogP contribution in [0.5, 0.6) is 5.75 Å². The number of carbonyl (C=O) groups excluding carboxylic acids is 1. The van der Waals surface area contributed by atoms with Crippen molar-refractivity contribution in [1.82, 2.24) is 0 Å². The fraction of sp³-hybridized carbons (Fsp3) is 0.0625. The van der Waals surface area contributed by atoms with Gasteiger partial charge in [0, 0.05) is 16.8 Å². The number of ether oxygens (including phenoxy) is 1. The van der Waals surface area contributed by atoms with Gasteiger partial charge in [-0.25, -0.2) is 0 Å². The van der Waals surface area contributed by atoms with Crippen LogP contribution in [0.4, 0.5) is 5.69 Å². The van der Waals surface area contributed by atoms with E-state index in [1.807, 2.05) is 0 Å². The average Bonchev–Trinajstić information content (AvgIpc) is 2.48. The summed E-state index contributed by atoms with van der Waals surface area (Å²) in [5.74, 6) is 3.07. The first-order valence-corrected chi connectivity index (χ1v) is 5.75. The average molecular weight is 251 g/mol. The third-order valence-electron chi connectivity index (χ3n) is 2.66. The van der Waals surface area contributed by atoms with Gasteiger partial charge in [-0.15, -0.1) is 6.42 Å². The molecule has 1 N–H and O–H groups in total. The Morgan fingerprint density at radius 3 is 2.26 bits per heavy atom. The molecule has 0 saturated carbocycles. The highest BCUT2D eigenvalue weighted by Gasteiger charge is 2.05. The Morgan fingerprint density at radius 2 is 1.74 bits per heavy atom. The Labute approximate surface area is 112 Å². The van der Waals surface area contributed by atoms with Crippen LogP contribution in [-0.4, -0.2) is 13.0 Å². The molecule has 0 aromatic heterocycles. The molecule has 0 saturated heterocycles. The van der Waals surface area contributed by atoms with Gasteiger partial charge in [0.1, 0.15) is 5.75 Å². The number of anilines is 1. The van der Waals surface area contributed by atoms with E-state index in [0.29, 0.717) is 11.3 Å². The highest BCUT2D eigenvalue weighted by atomic mass is 16.5. The quantitative estimate of drug-likeness (QED) is 0.852. The lowest BCUT2D eigenvalue weighted by Crippen LogP contribution is -2.11. The van der Waals surface area contributed by atoms with Gasteiger partial charge in [-0.2, -0.15) is 0 Å². The molecule has 0 heterocycles. The first-order valence-electron chi connectivity index (χ1n) is 5.75. The van der Waals surface area contributed by atoms with Crippen LogP contribution >= 0.6 is 0 Å². The van der Waals surface area contributed by atoms with Crippen molar-refractivity contribution in [1.29, 1.82) is 0 Å². The summed E-state index contributed by atoms with van der Waals surface area (Å²) in [6.45, 7) is 0. The molecule has 0 bridgehead atoms. The van der Waals surface area contributed by atoms with E-state index in [1.54, 1.807) is 55.6 Å². The van der Waals surface area contributed by atoms with Gasteiger partial charge >= 0.3 is 0 Å². The maximum Gasteiger partial charge on any atom is 0.255 e. The first-order chi connectivity index (χ1) is 9.22. The van der Waals surface area contributed by atoms with Crippen molar-refractivity contribution in [3.63, 3.8) is 0 Å². The van der Waals surface area contributed by atoms with E-state index in [-0.39, 0.29) is 5.91 Å². The van der Waals surface area contributed by atoms with E-state index in [0.717, 1.165) is 11.3 Å². The topological polar surface area (TPSA) is 38.3 Å². The summed E-state index contributed by atoms with van der Waals surface area (Å²) in [6, 6.07) is 14.0. The van der Waals surface area contributed by atoms with Gasteiger partial charge in [-0.05, 0) is 48.5 Å². The molecule has 0 aliphatic carbocycles. The third-order valence-corrected chi connectivity index (χ3v) is 2.66. The van der Waals surface area contributed by atoms with Crippen LogP contribution in [-0.2, 0) is 0 Å². The van der Waals surface area contributed by atoms with Crippen molar-refractivity contribution in [2.75, 3.05) is 12.4 Å². The Bertz CT molecular complexity index is 607. The maximum atomic E-state index is 12.0. The summed E-state index contributed by atoms with van der Waals surface area (Å²) in [7, 11) is 1.59. The van der Waals surface area contributed by atoms with Crippen molar-refractivity contribution >= 4 is 11.6 Å². The maximum absolute atomic E-state index is 12.0. The van der Waals surface area contributed by atoms with Gasteiger partial charge in [0.05, 0.1) is 7.11 Å². The number of hydrogen-bond acceptors (Lipinski definition) is 2. The molecule has 2 aromatic rings. The second-order valence-corrected chi connectivity index (χ2v) is 3.90. The first kappa shape index (κ1) is 12.7. The Balaban J connectivity index is 2.09. The largest absolute Gasteiger partial charge is 0.497 e. The van der Waals surface area contributed by atoms with Crippen LogP contribution in [0.1, 0.15) is 15.9 Å². The molecule has 0 aliphatic heterocycles. The molecule has 1 amide bonds. The van der Waals surface area contributed by atoms with Crippen LogP contribution in [0.15, 0.2) is 48.5 Å². The lowest BCUT2D eigenvalue weighted by atomic mass is 10.2. The minimum atomic E-state index is -0.170. The van der Waals surface area contributed by atoms with Gasteiger partial charge in [0.15, 0.2) is 0 Å². The molecular weight excluding hydrogens is 238 g/mol. The fourth-order valence-electron chi connectivity index (χ4n) is 1.60. The number of amides is 1. The van der Waals surface area contributed by atoms with Gasteiger partial charge in [0.2, 0.25) is 0 Å². The standard InChI is InChI=1S/C16H13NO2/c1-3-12-4-8-14(9-5-12)17-16(18)13-6-10-15(19-2)11-7-13/h1,4-11H,2H3,(H,17,18). The predicted molar refractivity (Wildman–Crippen MR) is 75.3 cm³/mol. The smallest absolute Gasteiger partial charge is 0.255 e. The number of methoxy groups -OCH3 is 1. The number of hydrogen-bond donors (Lipinski definition) is 1. The normalized spacial score (nSPS) is 9.47. The monoisotopic (exact) mass is 251 g/mol. The van der Waals surface area contributed by atoms with Crippen molar-refractivity contribution in [3.05, 3.63) is 59.7 Å². The third kappa shape index (κ3) is 3.14. The molecule has 2 rings (SSSR count). The predicted octanol–water partition coefficient (Wildman–Crippen LogP) is 2.93. The Hall–Kier alpha value is -2.73. The summed E-state index contributed by atoms with van der Waals surface area (Å²) in [6.07, 6.45) is 5.27. The Kier molecular flexibility index (Phi) is 3.84. The minimum absolute atomic E-state index is 0.170. The second kappa shape index (κ2) is 5.74. The molecule has 0 atom stereocenters. The highest BCUT2D eigenvalue weighted by Crippen LogP contribution is 2.14. The molecule has 0 spiro atoms. The number of nitrogens with one attached hydrogen (secondary N) is 1. The molecule has 94 valence electrons. The summed E-state index contributed by atoms with van der Waals surface area (Å²) < 4.78 is 5.04. The van der Waals surface area contributed by atoms with E-state index in [2.05, 4.69) is 11.2 Å². The second-order valence-electron chi connectivity index (χ2n) is 3.90. The van der Waals surface area contributed by atoms with E-state index in [1.165, 1.54) is 0 Å². The van der Waals surface area contributed by atoms with Crippen molar-refractivity contribution in [2.45, 2.75) is 0 Å². The summed E-state index contributed by atoms with van der Waals surface area (Å²) in [5.41, 5.74) is 2.06. The van der Waals surface area contributed by atoms with E-state index in [4.69, 9.17) is 11.2 Å². The van der Waals surface area contributed by atoms with Crippen LogP contribution < -0.4 is 10.1 Å². The molecule has 3 nitrogen and oxygen atoms in total. The summed E-state index contributed by atoms with van der Waals surface area (Å²) in [5, 5.41) is 2.80. The fourth-order valence-corrected chi connectivity index (χ4v) is 1.60. The molecule has 2 aromatic carbocycles. The molecule has 0 unspecified atom stereocenters. The molecule has 19 heavy (non-hydrogen) atoms. The summed E-state index contributed by atoms with van der Waals surface area (Å²) >= 11 is 0. The number of rotatable bonds is 3. The van der Waals surface area contributed by atoms with Crippen molar-refractivity contribution in [2.24, 2.45) is 0 Å². The van der Waals surface area contributed by atoms with E-state index >= 15 is 0 Å². The molecule has 0 radical (unpaired) electrons. The highest BCUT2D eigenvalue weighted by molar-refractivity contribution is 6.04. The van der Waals surface area contributed by atoms with Gasteiger partial charge < -0.3 is 10.1 Å². The van der Waals surface area contributed by atoms with Crippen LogP contribution in [0, 0.1) is 12.3 Å². The lowest BCUT2D eigenvalue weighted by Gasteiger charge is -2.06. The van der Waals surface area contributed by atoms with Crippen molar-refractivity contribution in [3.8, 4) is 18.1 Å². The van der Waals surface area contributed by atoms with Crippen LogP contribution in [0.3, 0.4) is 0 Å². The van der Waals surface area contributed by atoms with Gasteiger partial charge in [0.25, 0.3) is 5.91 Å². The van der Waals surface area contributed by atoms with Crippen molar-refractivity contribution < 1.29 is 9.53 Å². The molecule has 0 fully saturated rings. The SMILES string of the molecule is C#Cc1ccc(NC(=O)c2ccc(OC)cc2)cc1. The molecule has 3 heteroatoms. The minimum Gasteiger partial charge on any atom is -0.497 e. The lowest BCUT2D eigenvalue weighted by molar-refractivity contribution is 0.102. The van der Waals surface area contributed by atoms with Gasteiger partial charge in [-0.3, -0.25) is 4.79 Å². The zero-order chi connectivity index (χ0) is 13.7. The Morgan fingerprint density at radius 1 is 1.11 bits per heavy atom. The number of carbonyl (C=O) groups is 1. The van der Waals surface area contributed by atoms with Crippen LogP contribution in [0.25, 0.3) is 0 Å². The zero-order valence-electron chi connectivity index (χ0n) is 10.5. The molecule has 0 aliphatic rings. The zero-order valence-corrected chi connectivity index (χ0v) is 10.5. The molecular formula is C16H13NO2. The number of benzene rings is 2. The summed E-state index contributed by atoms with van der Waals surface area (Å²) in [4.78, 5) is 12.0. The van der Waals surface area contributed by atoms with E-state index < -0.39 is 0 Å². The van der Waals surface area contributed by atoms with Gasteiger partial charge in [-0.1, -0.05) is 5.92 Å².